The molecule has 5 heteroatoms. The second kappa shape index (κ2) is 5.05. The number of fused-ring (bicyclic) bond motifs is 1. The molecule has 0 spiro atoms. The lowest BCUT2D eigenvalue weighted by Crippen LogP contribution is -2.38. The second-order valence-electron chi connectivity index (χ2n) is 3.58. The fourth-order valence-electron chi connectivity index (χ4n) is 1.62. The number of rotatable bonds is 5. The second-order valence-corrected chi connectivity index (χ2v) is 3.58. The first-order valence-electron chi connectivity index (χ1n) is 5.13. The Balaban J connectivity index is 2.28. The molecule has 1 unspecified atom stereocenters. The molecule has 0 bridgehead atoms. The van der Waals surface area contributed by atoms with Crippen molar-refractivity contribution >= 4 is 16.8 Å². The Morgan fingerprint density at radius 1 is 1.35 bits per heavy atom. The number of hydrogen-bond acceptors (Lipinski definition) is 3. The summed E-state index contributed by atoms with van der Waals surface area (Å²) in [6, 6.07) is 5.42. The average Bonchev–Trinajstić information content (AvgIpc) is 2.82. The molecule has 17 heavy (non-hydrogen) atoms. The number of Topliss-reactive ketones (excluding diaryl/α,β-unsaturated/α-hetero) is 1. The van der Waals surface area contributed by atoms with Crippen LogP contribution in [-0.4, -0.2) is 25.3 Å². The van der Waals surface area contributed by atoms with E-state index in [1.807, 2.05) is 0 Å². The van der Waals surface area contributed by atoms with Crippen LogP contribution in [0.1, 0.15) is 10.4 Å². The molecule has 1 atom stereocenters. The number of hydrogen-bond donors (Lipinski definition) is 1. The minimum Gasteiger partial charge on any atom is -0.464 e. The molecule has 2 aromatic rings. The summed E-state index contributed by atoms with van der Waals surface area (Å²) in [4.78, 5) is 11.8. The molecule has 0 fully saturated rings. The van der Waals surface area contributed by atoms with Gasteiger partial charge in [-0.2, -0.15) is 0 Å². The first kappa shape index (κ1) is 11.7. The zero-order valence-electron chi connectivity index (χ0n) is 8.95. The third-order valence-electron chi connectivity index (χ3n) is 2.54. The smallest absolute Gasteiger partial charge is 0.182 e. The fraction of sp³-hybridized carbons (Fsp3) is 0.250. The van der Waals surface area contributed by atoms with E-state index in [-0.39, 0.29) is 0 Å². The van der Waals surface area contributed by atoms with Crippen molar-refractivity contribution in [2.45, 2.75) is 6.04 Å². The maximum atomic E-state index is 12.6. The highest BCUT2D eigenvalue weighted by atomic mass is 19.1. The molecule has 0 amide bonds. The summed E-state index contributed by atoms with van der Waals surface area (Å²) in [5, 5.41) is 3.01. The summed E-state index contributed by atoms with van der Waals surface area (Å²) in [7, 11) is 0. The molecule has 0 aliphatic rings. The molecule has 0 saturated carbocycles. The van der Waals surface area contributed by atoms with Gasteiger partial charge in [0.25, 0.3) is 0 Å². The molecule has 0 aliphatic carbocycles. The summed E-state index contributed by atoms with van der Waals surface area (Å²) < 4.78 is 29.8. The van der Waals surface area contributed by atoms with E-state index >= 15 is 0 Å². The van der Waals surface area contributed by atoms with Crippen molar-refractivity contribution in [3.8, 4) is 0 Å². The molecular formula is C12H11F2NO2. The van der Waals surface area contributed by atoms with Crippen LogP contribution in [0.3, 0.4) is 0 Å². The van der Waals surface area contributed by atoms with Crippen molar-refractivity contribution in [3.05, 3.63) is 36.1 Å². The molecule has 1 N–H and O–H groups in total. The van der Waals surface area contributed by atoms with Crippen LogP contribution in [0.25, 0.3) is 11.0 Å². The quantitative estimate of drug-likeness (QED) is 0.643. The zero-order chi connectivity index (χ0) is 12.3. The van der Waals surface area contributed by atoms with E-state index in [9.17, 15) is 13.6 Å². The number of carbonyl (C=O) groups is 1. The summed E-state index contributed by atoms with van der Waals surface area (Å²) in [5.74, 6) is -0.483. The van der Waals surface area contributed by atoms with Gasteiger partial charge in [0.2, 0.25) is 0 Å². The number of halogens is 2. The van der Waals surface area contributed by atoms with E-state index < -0.39 is 25.3 Å². The number of carbonyl (C=O) groups excluding carboxylic acids is 1. The zero-order valence-corrected chi connectivity index (χ0v) is 8.95. The summed E-state index contributed by atoms with van der Waals surface area (Å²) in [5.41, 5.74) is 0.852. The fourth-order valence-corrected chi connectivity index (χ4v) is 1.62. The van der Waals surface area contributed by atoms with Crippen molar-refractivity contribution in [3.63, 3.8) is 0 Å². The Morgan fingerprint density at radius 3 is 2.88 bits per heavy atom. The third-order valence-corrected chi connectivity index (χ3v) is 2.54. The van der Waals surface area contributed by atoms with Crippen LogP contribution in [0.5, 0.6) is 0 Å². The molecule has 90 valence electrons. The first-order chi connectivity index (χ1) is 8.26. The normalized spacial score (nSPS) is 12.8. The molecule has 0 saturated heterocycles. The number of alkyl halides is 2. The SMILES string of the molecule is O=C(c1ccc2ccoc2c1)C(CF)NCF. The van der Waals surface area contributed by atoms with Gasteiger partial charge in [-0.05, 0) is 12.1 Å². The van der Waals surface area contributed by atoms with Crippen molar-refractivity contribution < 1.29 is 18.0 Å². The standard InChI is InChI=1S/C12H11F2NO2/c13-6-10(15-7-14)12(16)9-2-1-8-3-4-17-11(8)5-9/h1-5,10,15H,6-7H2. The lowest BCUT2D eigenvalue weighted by molar-refractivity contribution is 0.0918. The molecule has 1 heterocycles. The molecule has 3 nitrogen and oxygen atoms in total. The van der Waals surface area contributed by atoms with Gasteiger partial charge < -0.3 is 4.42 Å². The molecule has 2 rings (SSSR count). The number of nitrogens with one attached hydrogen (secondary N) is 1. The van der Waals surface area contributed by atoms with Gasteiger partial charge in [-0.15, -0.1) is 0 Å². The number of ketones is 1. The molecule has 0 radical (unpaired) electrons. The highest BCUT2D eigenvalue weighted by Crippen LogP contribution is 2.18. The van der Waals surface area contributed by atoms with Gasteiger partial charge in [0.05, 0.1) is 6.26 Å². The topological polar surface area (TPSA) is 42.2 Å². The average molecular weight is 239 g/mol. The van der Waals surface area contributed by atoms with Crippen LogP contribution in [0.15, 0.2) is 34.9 Å². The minimum atomic E-state index is -1.15. The van der Waals surface area contributed by atoms with Gasteiger partial charge >= 0.3 is 0 Å². The van der Waals surface area contributed by atoms with Crippen molar-refractivity contribution in [1.82, 2.24) is 5.32 Å². The number of benzene rings is 1. The lowest BCUT2D eigenvalue weighted by atomic mass is 10.0. The first-order valence-corrected chi connectivity index (χ1v) is 5.13. The van der Waals surface area contributed by atoms with Gasteiger partial charge in [0, 0.05) is 10.9 Å². The predicted molar refractivity (Wildman–Crippen MR) is 59.4 cm³/mol. The van der Waals surface area contributed by atoms with Crippen LogP contribution in [0.2, 0.25) is 0 Å². The number of furan rings is 1. The Labute approximate surface area is 96.4 Å². The van der Waals surface area contributed by atoms with Crippen molar-refractivity contribution in [2.24, 2.45) is 0 Å². The van der Waals surface area contributed by atoms with E-state index in [2.05, 4.69) is 5.32 Å². The van der Waals surface area contributed by atoms with E-state index in [1.165, 1.54) is 12.3 Å². The Bertz CT molecular complexity index is 524. The van der Waals surface area contributed by atoms with E-state index in [0.717, 1.165) is 5.39 Å². The van der Waals surface area contributed by atoms with Crippen molar-refractivity contribution in [1.29, 1.82) is 0 Å². The van der Waals surface area contributed by atoms with Gasteiger partial charge in [-0.3, -0.25) is 10.1 Å². The van der Waals surface area contributed by atoms with Crippen LogP contribution < -0.4 is 5.32 Å². The van der Waals surface area contributed by atoms with Gasteiger partial charge in [0.1, 0.15) is 25.1 Å². The molecule has 1 aromatic carbocycles. The van der Waals surface area contributed by atoms with Gasteiger partial charge in [-0.25, -0.2) is 8.78 Å². The third kappa shape index (κ3) is 2.34. The Hall–Kier alpha value is -1.75. The maximum absolute atomic E-state index is 12.6. The van der Waals surface area contributed by atoms with E-state index in [0.29, 0.717) is 11.1 Å². The minimum absolute atomic E-state index is 0.302. The largest absolute Gasteiger partial charge is 0.464 e. The van der Waals surface area contributed by atoms with Crippen molar-refractivity contribution in [2.75, 3.05) is 13.5 Å². The van der Waals surface area contributed by atoms with E-state index in [4.69, 9.17) is 4.42 Å². The Kier molecular flexibility index (Phi) is 3.49. The molecule has 1 aromatic heterocycles. The highest BCUT2D eigenvalue weighted by molar-refractivity contribution is 6.02. The predicted octanol–water partition coefficient (Wildman–Crippen LogP) is 2.47. The Morgan fingerprint density at radius 2 is 2.18 bits per heavy atom. The molecular weight excluding hydrogens is 228 g/mol. The summed E-state index contributed by atoms with van der Waals surface area (Å²) in [6.07, 6.45) is 1.51. The van der Waals surface area contributed by atoms with Crippen LogP contribution >= 0.6 is 0 Å². The lowest BCUT2D eigenvalue weighted by Gasteiger charge is -2.11. The maximum Gasteiger partial charge on any atom is 0.182 e. The van der Waals surface area contributed by atoms with Crippen LogP contribution in [0, 0.1) is 0 Å². The van der Waals surface area contributed by atoms with Gasteiger partial charge in [0.15, 0.2) is 5.78 Å². The van der Waals surface area contributed by atoms with E-state index in [1.54, 1.807) is 18.2 Å². The highest BCUT2D eigenvalue weighted by Gasteiger charge is 2.19. The summed E-state index contributed by atoms with van der Waals surface area (Å²) >= 11 is 0. The summed E-state index contributed by atoms with van der Waals surface area (Å²) in [6.45, 7) is -1.89. The molecule has 0 aliphatic heterocycles. The van der Waals surface area contributed by atoms with Gasteiger partial charge in [-0.1, -0.05) is 12.1 Å². The van der Waals surface area contributed by atoms with Crippen LogP contribution in [-0.2, 0) is 0 Å². The monoisotopic (exact) mass is 239 g/mol. The van der Waals surface area contributed by atoms with Crippen LogP contribution in [0.4, 0.5) is 8.78 Å².